The molecule has 1 nitrogen and oxygen atoms in total. The monoisotopic (exact) mass is 263 g/mol. The lowest BCUT2D eigenvalue weighted by atomic mass is 10.1. The van der Waals surface area contributed by atoms with Crippen LogP contribution in [0.1, 0.15) is 51.9 Å². The van der Waals surface area contributed by atoms with E-state index in [1.54, 1.807) is 0 Å². The number of quaternary nitrogens is 1. The first-order chi connectivity index (χ1) is 6.27. The second kappa shape index (κ2) is 7.70. The molecule has 2 heteroatoms. The quantitative estimate of drug-likeness (QED) is 0.491. The van der Waals surface area contributed by atoms with Gasteiger partial charge in [0.2, 0.25) is 0 Å². The summed E-state index contributed by atoms with van der Waals surface area (Å²) in [6.45, 7) is 6.59. The minimum atomic E-state index is 0. The van der Waals surface area contributed by atoms with Gasteiger partial charge in [-0.2, -0.15) is 0 Å². The molecule has 0 saturated carbocycles. The van der Waals surface area contributed by atoms with Gasteiger partial charge in [-0.05, 0) is 32.1 Å². The first-order valence-corrected chi connectivity index (χ1v) is 6.10. The Morgan fingerprint density at radius 3 is 2.14 bits per heavy atom. The fourth-order valence-corrected chi connectivity index (χ4v) is 2.42. The Kier molecular flexibility index (Phi) is 7.94. The molecule has 0 aromatic carbocycles. The van der Waals surface area contributed by atoms with Crippen LogP contribution in [-0.4, -0.2) is 31.2 Å². The molecule has 1 heterocycles. The molecule has 0 bridgehead atoms. The van der Waals surface area contributed by atoms with E-state index in [1.807, 2.05) is 0 Å². The summed E-state index contributed by atoms with van der Waals surface area (Å²) in [5.41, 5.74) is 0. The predicted molar refractivity (Wildman–Crippen MR) is 58.8 cm³/mol. The van der Waals surface area contributed by atoms with Gasteiger partial charge in [0, 0.05) is 0 Å². The van der Waals surface area contributed by atoms with Gasteiger partial charge in [0.25, 0.3) is 0 Å². The Balaban J connectivity index is 0.00000169. The van der Waals surface area contributed by atoms with Crippen molar-refractivity contribution in [1.29, 1.82) is 0 Å². The second-order valence-corrected chi connectivity index (χ2v) is 4.91. The predicted octanol–water partition coefficient (Wildman–Crippen LogP) is 0.201. The van der Waals surface area contributed by atoms with Crippen molar-refractivity contribution in [3.05, 3.63) is 0 Å². The minimum absolute atomic E-state index is 0. The number of likely N-dealkylation sites (tertiary alicyclic amines) is 1. The molecule has 1 rings (SSSR count). The molecule has 1 fully saturated rings. The van der Waals surface area contributed by atoms with E-state index in [1.165, 1.54) is 69.1 Å². The van der Waals surface area contributed by atoms with Crippen molar-refractivity contribution in [2.75, 3.05) is 26.7 Å². The molecule has 86 valence electrons. The zero-order valence-corrected chi connectivity index (χ0v) is 11.5. The fraction of sp³-hybridized carbons (Fsp3) is 1.00. The van der Waals surface area contributed by atoms with Crippen LogP contribution in [0.5, 0.6) is 0 Å². The van der Waals surface area contributed by atoms with Crippen LogP contribution in [0.3, 0.4) is 0 Å². The van der Waals surface area contributed by atoms with Gasteiger partial charge < -0.3 is 21.5 Å². The third-order valence-corrected chi connectivity index (χ3v) is 3.45. The van der Waals surface area contributed by atoms with Gasteiger partial charge in [-0.1, -0.05) is 19.8 Å². The summed E-state index contributed by atoms with van der Waals surface area (Å²) in [4.78, 5) is 0. The Morgan fingerprint density at radius 1 is 0.929 bits per heavy atom. The molecule has 0 radical (unpaired) electrons. The second-order valence-electron chi connectivity index (χ2n) is 4.91. The van der Waals surface area contributed by atoms with Crippen LogP contribution in [0, 0.1) is 0 Å². The SMILES string of the molecule is CCCCCC[N+]1(C)CCCCC1.[Br-]. The average Bonchev–Trinajstić information content (AvgIpc) is 2.14. The van der Waals surface area contributed by atoms with E-state index >= 15 is 0 Å². The third-order valence-electron chi connectivity index (χ3n) is 3.45. The van der Waals surface area contributed by atoms with Gasteiger partial charge in [0.15, 0.2) is 0 Å². The molecule has 0 atom stereocenters. The first-order valence-electron chi connectivity index (χ1n) is 6.10. The molecule has 1 aliphatic rings. The zero-order chi connectivity index (χ0) is 9.57. The summed E-state index contributed by atoms with van der Waals surface area (Å²) < 4.78 is 1.36. The molecule has 0 aliphatic carbocycles. The highest BCUT2D eigenvalue weighted by atomic mass is 79.9. The maximum Gasteiger partial charge on any atom is 0.0784 e. The molecule has 1 saturated heterocycles. The van der Waals surface area contributed by atoms with Crippen LogP contribution in [0.25, 0.3) is 0 Å². The number of nitrogens with zero attached hydrogens (tertiary/aromatic N) is 1. The molecule has 0 aromatic heterocycles. The van der Waals surface area contributed by atoms with E-state index in [2.05, 4.69) is 14.0 Å². The van der Waals surface area contributed by atoms with Crippen molar-refractivity contribution in [3.63, 3.8) is 0 Å². The van der Waals surface area contributed by atoms with Gasteiger partial charge in [0.1, 0.15) is 0 Å². The van der Waals surface area contributed by atoms with Crippen molar-refractivity contribution >= 4 is 0 Å². The van der Waals surface area contributed by atoms with Gasteiger partial charge >= 0.3 is 0 Å². The lowest BCUT2D eigenvalue weighted by Gasteiger charge is -2.37. The number of hydrogen-bond acceptors (Lipinski definition) is 0. The summed E-state index contributed by atoms with van der Waals surface area (Å²) in [5.74, 6) is 0. The first kappa shape index (κ1) is 14.4. The highest BCUT2D eigenvalue weighted by Gasteiger charge is 2.23. The number of halogens is 1. The maximum absolute atomic E-state index is 2.45. The van der Waals surface area contributed by atoms with E-state index < -0.39 is 0 Å². The molecule has 0 spiro atoms. The molecule has 0 unspecified atom stereocenters. The minimum Gasteiger partial charge on any atom is -1.00 e. The summed E-state index contributed by atoms with van der Waals surface area (Å²) in [6, 6.07) is 0. The summed E-state index contributed by atoms with van der Waals surface area (Å²) in [5, 5.41) is 0. The number of piperidine rings is 1. The Labute approximate surface area is 100 Å². The van der Waals surface area contributed by atoms with Gasteiger partial charge in [-0.25, -0.2) is 0 Å². The van der Waals surface area contributed by atoms with Gasteiger partial charge in [-0.15, -0.1) is 0 Å². The largest absolute Gasteiger partial charge is 1.00 e. The molecule has 0 amide bonds. The van der Waals surface area contributed by atoms with Crippen molar-refractivity contribution in [2.45, 2.75) is 51.9 Å². The van der Waals surface area contributed by atoms with Crippen LogP contribution in [0.4, 0.5) is 0 Å². The molecular weight excluding hydrogens is 238 g/mol. The molecule has 0 N–H and O–H groups in total. The van der Waals surface area contributed by atoms with E-state index in [4.69, 9.17) is 0 Å². The van der Waals surface area contributed by atoms with Crippen LogP contribution in [-0.2, 0) is 0 Å². The number of rotatable bonds is 5. The third kappa shape index (κ3) is 5.35. The highest BCUT2D eigenvalue weighted by molar-refractivity contribution is 4.52. The van der Waals surface area contributed by atoms with E-state index in [-0.39, 0.29) is 17.0 Å². The standard InChI is InChI=1S/C12H26N.BrH/c1-3-4-5-7-10-13(2)11-8-6-9-12-13;/h3-12H2,1-2H3;1H/q+1;/p-1. The Bertz CT molecular complexity index is 130. The summed E-state index contributed by atoms with van der Waals surface area (Å²) in [7, 11) is 2.45. The number of unbranched alkanes of at least 4 members (excludes halogenated alkanes) is 3. The molecule has 0 aromatic rings. The van der Waals surface area contributed by atoms with E-state index in [9.17, 15) is 0 Å². The molecule has 1 aliphatic heterocycles. The summed E-state index contributed by atoms with van der Waals surface area (Å²) in [6.07, 6.45) is 10.1. The highest BCUT2D eigenvalue weighted by Crippen LogP contribution is 2.17. The van der Waals surface area contributed by atoms with Crippen LogP contribution in [0.15, 0.2) is 0 Å². The van der Waals surface area contributed by atoms with Crippen molar-refractivity contribution in [1.82, 2.24) is 0 Å². The van der Waals surface area contributed by atoms with Crippen LogP contribution < -0.4 is 17.0 Å². The van der Waals surface area contributed by atoms with Crippen molar-refractivity contribution in [2.24, 2.45) is 0 Å². The fourth-order valence-electron chi connectivity index (χ4n) is 2.42. The Hall–Kier alpha value is 0.440. The number of hydrogen-bond donors (Lipinski definition) is 0. The average molecular weight is 264 g/mol. The zero-order valence-electron chi connectivity index (χ0n) is 9.90. The van der Waals surface area contributed by atoms with Crippen molar-refractivity contribution < 1.29 is 21.5 Å². The molecular formula is C12H26BrN. The van der Waals surface area contributed by atoms with E-state index in [0.717, 1.165) is 0 Å². The topological polar surface area (TPSA) is 0 Å². The summed E-state index contributed by atoms with van der Waals surface area (Å²) >= 11 is 0. The molecule has 14 heavy (non-hydrogen) atoms. The van der Waals surface area contributed by atoms with Crippen molar-refractivity contribution in [3.8, 4) is 0 Å². The van der Waals surface area contributed by atoms with Gasteiger partial charge in [0.05, 0.1) is 26.7 Å². The van der Waals surface area contributed by atoms with Crippen LogP contribution in [0.2, 0.25) is 0 Å². The maximum atomic E-state index is 2.45. The normalized spacial score (nSPS) is 20.1. The smallest absolute Gasteiger partial charge is 0.0784 e. The van der Waals surface area contributed by atoms with E-state index in [0.29, 0.717) is 0 Å². The Morgan fingerprint density at radius 2 is 1.57 bits per heavy atom. The lowest BCUT2D eigenvalue weighted by Crippen LogP contribution is -3.00. The lowest BCUT2D eigenvalue weighted by molar-refractivity contribution is -0.914. The van der Waals surface area contributed by atoms with Crippen LogP contribution >= 0.6 is 0 Å². The van der Waals surface area contributed by atoms with Gasteiger partial charge in [-0.3, -0.25) is 0 Å².